The van der Waals surface area contributed by atoms with E-state index in [2.05, 4.69) is 42.6 Å². The first kappa shape index (κ1) is 16.5. The van der Waals surface area contributed by atoms with Crippen molar-refractivity contribution in [3.63, 3.8) is 0 Å². The number of hydrogen-bond donors (Lipinski definition) is 1. The molecule has 0 aromatic heterocycles. The molecule has 0 bridgehead atoms. The number of hydrogen-bond acceptors (Lipinski definition) is 1. The van der Waals surface area contributed by atoms with Gasteiger partial charge in [-0.15, -0.1) is 0 Å². The Morgan fingerprint density at radius 1 is 1.00 bits per heavy atom. The Hall–Kier alpha value is -0.820. The maximum Gasteiger partial charge on any atom is 0.00953 e. The van der Waals surface area contributed by atoms with Crippen molar-refractivity contribution in [2.45, 2.75) is 77.2 Å². The molecule has 1 atom stereocenters. The molecule has 0 heterocycles. The third-order valence-corrected chi connectivity index (χ3v) is 5.01. The van der Waals surface area contributed by atoms with Gasteiger partial charge in [0.2, 0.25) is 0 Å². The molecule has 1 aliphatic carbocycles. The Morgan fingerprint density at radius 2 is 1.67 bits per heavy atom. The van der Waals surface area contributed by atoms with E-state index in [-0.39, 0.29) is 0 Å². The van der Waals surface area contributed by atoms with Crippen LogP contribution in [-0.4, -0.2) is 12.6 Å². The van der Waals surface area contributed by atoms with Gasteiger partial charge in [0.1, 0.15) is 0 Å². The summed E-state index contributed by atoms with van der Waals surface area (Å²) in [6.45, 7) is 3.37. The van der Waals surface area contributed by atoms with Crippen molar-refractivity contribution in [2.24, 2.45) is 5.92 Å². The lowest BCUT2D eigenvalue weighted by Gasteiger charge is -2.29. The van der Waals surface area contributed by atoms with Gasteiger partial charge >= 0.3 is 0 Å². The van der Waals surface area contributed by atoms with E-state index >= 15 is 0 Å². The van der Waals surface area contributed by atoms with Gasteiger partial charge < -0.3 is 5.32 Å². The molecule has 1 nitrogen and oxygen atoms in total. The molecule has 1 N–H and O–H groups in total. The Labute approximate surface area is 131 Å². The van der Waals surface area contributed by atoms with Crippen molar-refractivity contribution in [3.05, 3.63) is 35.9 Å². The largest absolute Gasteiger partial charge is 0.314 e. The van der Waals surface area contributed by atoms with Crippen molar-refractivity contribution < 1.29 is 0 Å². The zero-order chi connectivity index (χ0) is 14.8. The second kappa shape index (κ2) is 10.00. The standard InChI is InChI=1S/C20H33N/c1-2-21-20(19-15-9-4-3-5-10-16-19)17-11-14-18-12-7-6-8-13-18/h6-8,12-13,19-21H,2-5,9-11,14-17H2,1H3. The first-order valence-electron chi connectivity index (χ1n) is 9.17. The normalized spacial score (nSPS) is 18.9. The van der Waals surface area contributed by atoms with Gasteiger partial charge in [-0.25, -0.2) is 0 Å². The summed E-state index contributed by atoms with van der Waals surface area (Å²) in [5.74, 6) is 0.918. The summed E-state index contributed by atoms with van der Waals surface area (Å²) in [6.07, 6.45) is 14.1. The summed E-state index contributed by atoms with van der Waals surface area (Å²) in [5.41, 5.74) is 1.49. The number of nitrogens with one attached hydrogen (secondary N) is 1. The lowest BCUT2D eigenvalue weighted by atomic mass is 9.83. The SMILES string of the molecule is CCNC(CCCc1ccccc1)C1CCCCCCC1. The predicted molar refractivity (Wildman–Crippen MR) is 92.7 cm³/mol. The molecule has 1 fully saturated rings. The summed E-state index contributed by atoms with van der Waals surface area (Å²) in [7, 11) is 0. The summed E-state index contributed by atoms with van der Waals surface area (Å²) in [4.78, 5) is 0. The van der Waals surface area contributed by atoms with Crippen LogP contribution >= 0.6 is 0 Å². The minimum Gasteiger partial charge on any atom is -0.314 e. The molecule has 2 rings (SSSR count). The van der Waals surface area contributed by atoms with Crippen LogP contribution in [0.2, 0.25) is 0 Å². The highest BCUT2D eigenvalue weighted by molar-refractivity contribution is 5.14. The molecular weight excluding hydrogens is 254 g/mol. The van der Waals surface area contributed by atoms with E-state index in [0.29, 0.717) is 0 Å². The Morgan fingerprint density at radius 3 is 2.33 bits per heavy atom. The molecular formula is C20H33N. The predicted octanol–water partition coefficient (Wildman–Crippen LogP) is 5.35. The average molecular weight is 287 g/mol. The van der Waals surface area contributed by atoms with E-state index in [4.69, 9.17) is 0 Å². The monoisotopic (exact) mass is 287 g/mol. The van der Waals surface area contributed by atoms with E-state index in [0.717, 1.165) is 18.5 Å². The summed E-state index contributed by atoms with van der Waals surface area (Å²) in [6, 6.07) is 11.7. The van der Waals surface area contributed by atoms with Gasteiger partial charge in [-0.05, 0) is 50.1 Å². The summed E-state index contributed by atoms with van der Waals surface area (Å²) < 4.78 is 0. The van der Waals surface area contributed by atoms with Gasteiger partial charge in [-0.2, -0.15) is 0 Å². The van der Waals surface area contributed by atoms with Gasteiger partial charge in [0.05, 0.1) is 0 Å². The molecule has 1 saturated carbocycles. The fraction of sp³-hybridized carbons (Fsp3) is 0.700. The molecule has 0 radical (unpaired) electrons. The maximum atomic E-state index is 3.79. The van der Waals surface area contributed by atoms with Crippen LogP contribution in [0.5, 0.6) is 0 Å². The van der Waals surface area contributed by atoms with Crippen LogP contribution in [0.25, 0.3) is 0 Å². The highest BCUT2D eigenvalue weighted by Gasteiger charge is 2.20. The van der Waals surface area contributed by atoms with Crippen LogP contribution in [0.4, 0.5) is 0 Å². The Bertz CT molecular complexity index is 351. The smallest absolute Gasteiger partial charge is 0.00953 e. The highest BCUT2D eigenvalue weighted by Crippen LogP contribution is 2.27. The van der Waals surface area contributed by atoms with Gasteiger partial charge in [-0.1, -0.05) is 69.4 Å². The second-order valence-corrected chi connectivity index (χ2v) is 6.65. The third-order valence-electron chi connectivity index (χ3n) is 5.01. The van der Waals surface area contributed by atoms with Crippen LogP contribution in [0.3, 0.4) is 0 Å². The first-order valence-corrected chi connectivity index (χ1v) is 9.17. The van der Waals surface area contributed by atoms with Crippen LogP contribution in [-0.2, 0) is 6.42 Å². The van der Waals surface area contributed by atoms with E-state index in [1.807, 2.05) is 0 Å². The zero-order valence-electron chi connectivity index (χ0n) is 13.8. The second-order valence-electron chi connectivity index (χ2n) is 6.65. The molecule has 0 saturated heterocycles. The quantitative estimate of drug-likeness (QED) is 0.713. The number of benzene rings is 1. The number of rotatable bonds is 7. The Balaban J connectivity index is 1.79. The number of aryl methyl sites for hydroxylation is 1. The van der Waals surface area contributed by atoms with Crippen molar-refractivity contribution >= 4 is 0 Å². The lowest BCUT2D eigenvalue weighted by molar-refractivity contribution is 0.273. The van der Waals surface area contributed by atoms with Gasteiger partial charge in [0, 0.05) is 6.04 Å². The van der Waals surface area contributed by atoms with Crippen molar-refractivity contribution in [2.75, 3.05) is 6.54 Å². The van der Waals surface area contributed by atoms with Crippen LogP contribution < -0.4 is 5.32 Å². The van der Waals surface area contributed by atoms with Crippen LogP contribution in [0, 0.1) is 5.92 Å². The molecule has 1 aliphatic rings. The fourth-order valence-electron chi connectivity index (χ4n) is 3.83. The first-order chi connectivity index (χ1) is 10.4. The lowest BCUT2D eigenvalue weighted by Crippen LogP contribution is -2.36. The van der Waals surface area contributed by atoms with E-state index in [9.17, 15) is 0 Å². The molecule has 0 aliphatic heterocycles. The minimum atomic E-state index is 0.747. The summed E-state index contributed by atoms with van der Waals surface area (Å²) in [5, 5.41) is 3.79. The fourth-order valence-corrected chi connectivity index (χ4v) is 3.83. The molecule has 0 amide bonds. The van der Waals surface area contributed by atoms with Crippen molar-refractivity contribution in [1.82, 2.24) is 5.32 Å². The highest BCUT2D eigenvalue weighted by atomic mass is 14.9. The topological polar surface area (TPSA) is 12.0 Å². The average Bonchev–Trinajstić information content (AvgIpc) is 2.47. The molecule has 0 spiro atoms. The van der Waals surface area contributed by atoms with Gasteiger partial charge in [0.15, 0.2) is 0 Å². The third kappa shape index (κ3) is 6.22. The van der Waals surface area contributed by atoms with Gasteiger partial charge in [0.25, 0.3) is 0 Å². The molecule has 1 unspecified atom stereocenters. The Kier molecular flexibility index (Phi) is 7.88. The summed E-state index contributed by atoms with van der Waals surface area (Å²) >= 11 is 0. The molecule has 21 heavy (non-hydrogen) atoms. The van der Waals surface area contributed by atoms with Crippen molar-refractivity contribution in [3.8, 4) is 0 Å². The van der Waals surface area contributed by atoms with Crippen molar-refractivity contribution in [1.29, 1.82) is 0 Å². The molecule has 1 heteroatoms. The maximum absolute atomic E-state index is 3.79. The van der Waals surface area contributed by atoms with Gasteiger partial charge in [-0.3, -0.25) is 0 Å². The molecule has 1 aromatic rings. The minimum absolute atomic E-state index is 0.747. The molecule has 1 aromatic carbocycles. The van der Waals surface area contributed by atoms with E-state index in [1.54, 1.807) is 0 Å². The van der Waals surface area contributed by atoms with E-state index < -0.39 is 0 Å². The van der Waals surface area contributed by atoms with E-state index in [1.165, 1.54) is 69.8 Å². The van der Waals surface area contributed by atoms with Crippen LogP contribution in [0.15, 0.2) is 30.3 Å². The zero-order valence-corrected chi connectivity index (χ0v) is 13.8. The van der Waals surface area contributed by atoms with Crippen LogP contribution in [0.1, 0.15) is 70.3 Å². The molecule has 118 valence electrons.